The van der Waals surface area contributed by atoms with Crippen molar-refractivity contribution in [2.45, 2.75) is 25.8 Å². The number of nitrogens with zero attached hydrogens (tertiary/aromatic N) is 3. The summed E-state index contributed by atoms with van der Waals surface area (Å²) in [6.07, 6.45) is 4.55. The molecule has 0 saturated carbocycles. The first-order valence-corrected chi connectivity index (χ1v) is 7.09. The van der Waals surface area contributed by atoms with E-state index in [9.17, 15) is 4.79 Å². The molecule has 1 aromatic carbocycles. The fourth-order valence-electron chi connectivity index (χ4n) is 2.08. The van der Waals surface area contributed by atoms with Crippen LogP contribution in [-0.4, -0.2) is 34.3 Å². The van der Waals surface area contributed by atoms with Crippen LogP contribution in [0.3, 0.4) is 0 Å². The van der Waals surface area contributed by atoms with Crippen molar-refractivity contribution in [3.8, 4) is 5.69 Å². The fraction of sp³-hybridized carbons (Fsp3) is 0.400. The van der Waals surface area contributed by atoms with Gasteiger partial charge in [-0.05, 0) is 44.6 Å². The smallest absolute Gasteiger partial charge is 0.220 e. The summed E-state index contributed by atoms with van der Waals surface area (Å²) in [5.74, 6) is 0.0816. The molecule has 0 aliphatic rings. The Balaban J connectivity index is 1.90. The molecule has 112 valence electrons. The second-order valence-corrected chi connectivity index (χ2v) is 4.93. The molecule has 2 N–H and O–H groups in total. The van der Waals surface area contributed by atoms with Gasteiger partial charge in [0.2, 0.25) is 5.91 Å². The summed E-state index contributed by atoms with van der Waals surface area (Å²) in [7, 11) is 1.89. The summed E-state index contributed by atoms with van der Waals surface area (Å²) in [6, 6.07) is 7.92. The summed E-state index contributed by atoms with van der Waals surface area (Å²) in [5, 5.41) is 10.1. The van der Waals surface area contributed by atoms with Crippen molar-refractivity contribution < 1.29 is 4.79 Å². The molecule has 0 aliphatic heterocycles. The molecule has 0 radical (unpaired) electrons. The highest BCUT2D eigenvalue weighted by Gasteiger charge is 2.09. The lowest BCUT2D eigenvalue weighted by Crippen LogP contribution is -2.27. The lowest BCUT2D eigenvalue weighted by molar-refractivity contribution is -0.121. The molecule has 2 rings (SSSR count). The van der Waals surface area contributed by atoms with Crippen LogP contribution in [0, 0.1) is 0 Å². The first-order chi connectivity index (χ1) is 10.2. The molecular formula is C15H21N5O. The number of aromatic nitrogens is 3. The third kappa shape index (κ3) is 4.39. The number of carbonyl (C=O) groups is 1. The Labute approximate surface area is 124 Å². The molecule has 21 heavy (non-hydrogen) atoms. The average molecular weight is 287 g/mol. The molecule has 1 heterocycles. The lowest BCUT2D eigenvalue weighted by Gasteiger charge is -2.15. The molecule has 6 heteroatoms. The van der Waals surface area contributed by atoms with E-state index in [2.05, 4.69) is 20.7 Å². The first kappa shape index (κ1) is 15.2. The van der Waals surface area contributed by atoms with Crippen molar-refractivity contribution in [2.75, 3.05) is 13.6 Å². The van der Waals surface area contributed by atoms with Crippen molar-refractivity contribution in [1.29, 1.82) is 0 Å². The van der Waals surface area contributed by atoms with Gasteiger partial charge in [0.15, 0.2) is 0 Å². The van der Waals surface area contributed by atoms with Crippen LogP contribution in [-0.2, 0) is 4.79 Å². The van der Waals surface area contributed by atoms with E-state index in [1.165, 1.54) is 6.33 Å². The molecule has 0 saturated heterocycles. The summed E-state index contributed by atoms with van der Waals surface area (Å²) in [6.45, 7) is 2.84. The molecule has 0 aliphatic carbocycles. The van der Waals surface area contributed by atoms with E-state index in [-0.39, 0.29) is 11.9 Å². The molecule has 0 fully saturated rings. The van der Waals surface area contributed by atoms with Crippen LogP contribution < -0.4 is 10.6 Å². The number of hydrogen-bond donors (Lipinski definition) is 2. The summed E-state index contributed by atoms with van der Waals surface area (Å²) >= 11 is 0. The van der Waals surface area contributed by atoms with Gasteiger partial charge in [0.05, 0.1) is 11.7 Å². The van der Waals surface area contributed by atoms with Gasteiger partial charge in [0.25, 0.3) is 0 Å². The van der Waals surface area contributed by atoms with Gasteiger partial charge in [-0.3, -0.25) is 4.79 Å². The minimum Gasteiger partial charge on any atom is -0.350 e. The summed E-state index contributed by atoms with van der Waals surface area (Å²) in [5.41, 5.74) is 2.02. The molecule has 1 atom stereocenters. The Hall–Kier alpha value is -2.21. The highest BCUT2D eigenvalue weighted by Crippen LogP contribution is 2.15. The van der Waals surface area contributed by atoms with E-state index < -0.39 is 0 Å². The zero-order chi connectivity index (χ0) is 15.1. The largest absolute Gasteiger partial charge is 0.350 e. The van der Waals surface area contributed by atoms with E-state index in [1.54, 1.807) is 11.0 Å². The Bertz CT molecular complexity index is 550. The van der Waals surface area contributed by atoms with Crippen LogP contribution >= 0.6 is 0 Å². The number of nitrogens with one attached hydrogen (secondary N) is 2. The molecule has 0 bridgehead atoms. The Morgan fingerprint density at radius 1 is 1.33 bits per heavy atom. The standard InChI is InChI=1S/C15H21N5O/c1-12(19-15(21)4-3-9-16-2)13-5-7-14(8-6-13)20-11-17-10-18-20/h5-8,10-12,16H,3-4,9H2,1-2H3,(H,19,21). The van der Waals surface area contributed by atoms with E-state index >= 15 is 0 Å². The van der Waals surface area contributed by atoms with Gasteiger partial charge in [0, 0.05) is 6.42 Å². The predicted octanol–water partition coefficient (Wildman–Crippen LogP) is 1.44. The predicted molar refractivity (Wildman–Crippen MR) is 81.1 cm³/mol. The number of amides is 1. The first-order valence-electron chi connectivity index (χ1n) is 7.09. The Morgan fingerprint density at radius 3 is 2.71 bits per heavy atom. The normalized spacial score (nSPS) is 12.1. The highest BCUT2D eigenvalue weighted by atomic mass is 16.1. The maximum atomic E-state index is 11.8. The fourth-order valence-corrected chi connectivity index (χ4v) is 2.08. The third-order valence-corrected chi connectivity index (χ3v) is 3.28. The monoisotopic (exact) mass is 287 g/mol. The molecule has 2 aromatic rings. The maximum Gasteiger partial charge on any atom is 0.220 e. The van der Waals surface area contributed by atoms with Crippen molar-refractivity contribution in [3.05, 3.63) is 42.5 Å². The summed E-state index contributed by atoms with van der Waals surface area (Å²) in [4.78, 5) is 15.7. The van der Waals surface area contributed by atoms with Gasteiger partial charge in [-0.15, -0.1) is 0 Å². The van der Waals surface area contributed by atoms with Crippen LogP contribution in [0.2, 0.25) is 0 Å². The average Bonchev–Trinajstić information content (AvgIpc) is 3.02. The van der Waals surface area contributed by atoms with E-state index in [0.717, 1.165) is 24.2 Å². The second kappa shape index (κ2) is 7.54. The Morgan fingerprint density at radius 2 is 2.10 bits per heavy atom. The van der Waals surface area contributed by atoms with Crippen molar-refractivity contribution in [2.24, 2.45) is 0 Å². The maximum absolute atomic E-state index is 11.8. The number of benzene rings is 1. The zero-order valence-electron chi connectivity index (χ0n) is 12.4. The minimum atomic E-state index is -0.00289. The van der Waals surface area contributed by atoms with Gasteiger partial charge >= 0.3 is 0 Å². The number of carbonyl (C=O) groups excluding carboxylic acids is 1. The lowest BCUT2D eigenvalue weighted by atomic mass is 10.1. The minimum absolute atomic E-state index is 0.00289. The topological polar surface area (TPSA) is 71.8 Å². The van der Waals surface area contributed by atoms with Crippen LogP contribution in [0.4, 0.5) is 0 Å². The van der Waals surface area contributed by atoms with Gasteiger partial charge in [-0.25, -0.2) is 9.67 Å². The van der Waals surface area contributed by atoms with Crippen molar-refractivity contribution in [1.82, 2.24) is 25.4 Å². The molecule has 1 aromatic heterocycles. The summed E-state index contributed by atoms with van der Waals surface area (Å²) < 4.78 is 1.70. The van der Waals surface area contributed by atoms with Gasteiger partial charge in [0.1, 0.15) is 12.7 Å². The highest BCUT2D eigenvalue weighted by molar-refractivity contribution is 5.76. The van der Waals surface area contributed by atoms with Gasteiger partial charge in [-0.2, -0.15) is 5.10 Å². The second-order valence-electron chi connectivity index (χ2n) is 4.93. The van der Waals surface area contributed by atoms with Gasteiger partial charge < -0.3 is 10.6 Å². The van der Waals surface area contributed by atoms with Crippen LogP contribution in [0.5, 0.6) is 0 Å². The van der Waals surface area contributed by atoms with E-state index in [4.69, 9.17) is 0 Å². The van der Waals surface area contributed by atoms with Crippen molar-refractivity contribution >= 4 is 5.91 Å². The number of hydrogen-bond acceptors (Lipinski definition) is 4. The third-order valence-electron chi connectivity index (χ3n) is 3.28. The quantitative estimate of drug-likeness (QED) is 0.756. The van der Waals surface area contributed by atoms with E-state index in [0.29, 0.717) is 6.42 Å². The molecular weight excluding hydrogens is 266 g/mol. The molecule has 1 unspecified atom stereocenters. The van der Waals surface area contributed by atoms with Crippen LogP contribution in [0.15, 0.2) is 36.9 Å². The molecule has 6 nitrogen and oxygen atoms in total. The van der Waals surface area contributed by atoms with E-state index in [1.807, 2.05) is 38.2 Å². The zero-order valence-corrected chi connectivity index (χ0v) is 12.4. The molecule has 1 amide bonds. The SMILES string of the molecule is CNCCCC(=O)NC(C)c1ccc(-n2cncn2)cc1. The van der Waals surface area contributed by atoms with Crippen molar-refractivity contribution in [3.63, 3.8) is 0 Å². The Kier molecular flexibility index (Phi) is 5.45. The van der Waals surface area contributed by atoms with Gasteiger partial charge in [-0.1, -0.05) is 12.1 Å². The van der Waals surface area contributed by atoms with Crippen LogP contribution in [0.25, 0.3) is 5.69 Å². The van der Waals surface area contributed by atoms with Crippen LogP contribution in [0.1, 0.15) is 31.4 Å². The molecule has 0 spiro atoms. The number of rotatable bonds is 7.